The minimum absolute atomic E-state index is 0.185. The molecule has 21 heavy (non-hydrogen) atoms. The van der Waals surface area contributed by atoms with Crippen LogP contribution in [0.2, 0.25) is 0 Å². The average Bonchev–Trinajstić information content (AvgIpc) is 2.40. The van der Waals surface area contributed by atoms with Crippen LogP contribution in [0.3, 0.4) is 0 Å². The minimum atomic E-state index is -0.339. The normalized spacial score (nSPS) is 10.5. The molecular formula is C16H23FN2O2. The number of benzene rings is 1. The fourth-order valence-corrected chi connectivity index (χ4v) is 1.81. The number of carbonyl (C=O) groups excluding carboxylic acids is 2. The molecule has 0 bridgehead atoms. The standard InChI is InChI=1S/C16H23FN2O2/c1-12(2)7-9-18-15(20)11-16(21)19-10-8-13-5-3-4-6-14(13)17/h3-6,12H,7-11H2,1-2H3,(H,18,20)(H,19,21). The van der Waals surface area contributed by atoms with Crippen molar-refractivity contribution >= 4 is 11.8 Å². The molecule has 0 aromatic heterocycles. The predicted molar refractivity (Wildman–Crippen MR) is 80.2 cm³/mol. The van der Waals surface area contributed by atoms with Gasteiger partial charge in [0, 0.05) is 13.1 Å². The zero-order chi connectivity index (χ0) is 15.7. The Labute approximate surface area is 125 Å². The molecule has 0 fully saturated rings. The first kappa shape index (κ1) is 17.1. The van der Waals surface area contributed by atoms with E-state index in [-0.39, 0.29) is 24.1 Å². The second-order valence-electron chi connectivity index (χ2n) is 5.40. The average molecular weight is 294 g/mol. The summed E-state index contributed by atoms with van der Waals surface area (Å²) < 4.78 is 13.4. The van der Waals surface area contributed by atoms with Crippen molar-refractivity contribution in [2.45, 2.75) is 33.1 Å². The lowest BCUT2D eigenvalue weighted by atomic mass is 10.1. The van der Waals surface area contributed by atoms with E-state index in [1.165, 1.54) is 6.07 Å². The smallest absolute Gasteiger partial charge is 0.229 e. The maximum absolute atomic E-state index is 13.4. The van der Waals surface area contributed by atoms with Crippen molar-refractivity contribution in [2.24, 2.45) is 5.92 Å². The molecule has 1 aromatic rings. The van der Waals surface area contributed by atoms with Crippen LogP contribution in [-0.4, -0.2) is 24.9 Å². The summed E-state index contributed by atoms with van der Waals surface area (Å²) >= 11 is 0. The van der Waals surface area contributed by atoms with Gasteiger partial charge in [0.2, 0.25) is 11.8 Å². The van der Waals surface area contributed by atoms with Crippen LogP contribution in [0.15, 0.2) is 24.3 Å². The summed E-state index contributed by atoms with van der Waals surface area (Å²) in [5.41, 5.74) is 0.555. The van der Waals surface area contributed by atoms with Crippen LogP contribution in [-0.2, 0) is 16.0 Å². The number of amides is 2. The Hall–Kier alpha value is -1.91. The highest BCUT2D eigenvalue weighted by molar-refractivity contribution is 5.96. The van der Waals surface area contributed by atoms with E-state index in [9.17, 15) is 14.0 Å². The fourth-order valence-electron chi connectivity index (χ4n) is 1.81. The highest BCUT2D eigenvalue weighted by Crippen LogP contribution is 2.06. The van der Waals surface area contributed by atoms with E-state index >= 15 is 0 Å². The van der Waals surface area contributed by atoms with Crippen LogP contribution >= 0.6 is 0 Å². The summed E-state index contributed by atoms with van der Waals surface area (Å²) in [6.07, 6.45) is 1.11. The Bertz CT molecular complexity index is 475. The van der Waals surface area contributed by atoms with Crippen molar-refractivity contribution in [3.05, 3.63) is 35.6 Å². The maximum atomic E-state index is 13.4. The molecular weight excluding hydrogens is 271 g/mol. The van der Waals surface area contributed by atoms with Gasteiger partial charge in [0.15, 0.2) is 0 Å². The van der Waals surface area contributed by atoms with Gasteiger partial charge in [0.1, 0.15) is 12.2 Å². The monoisotopic (exact) mass is 294 g/mol. The van der Waals surface area contributed by atoms with Crippen molar-refractivity contribution in [3.63, 3.8) is 0 Å². The van der Waals surface area contributed by atoms with E-state index in [0.29, 0.717) is 31.0 Å². The molecule has 0 aliphatic heterocycles. The van der Waals surface area contributed by atoms with Crippen LogP contribution in [0.25, 0.3) is 0 Å². The first-order chi connectivity index (χ1) is 9.99. The van der Waals surface area contributed by atoms with Gasteiger partial charge in [-0.05, 0) is 30.4 Å². The van der Waals surface area contributed by atoms with Crippen molar-refractivity contribution in [3.8, 4) is 0 Å². The third-order valence-electron chi connectivity index (χ3n) is 3.04. The summed E-state index contributed by atoms with van der Waals surface area (Å²) in [5, 5.41) is 5.32. The van der Waals surface area contributed by atoms with E-state index in [1.54, 1.807) is 18.2 Å². The van der Waals surface area contributed by atoms with Gasteiger partial charge < -0.3 is 10.6 Å². The van der Waals surface area contributed by atoms with Crippen LogP contribution in [0.1, 0.15) is 32.3 Å². The maximum Gasteiger partial charge on any atom is 0.229 e. The van der Waals surface area contributed by atoms with Gasteiger partial charge >= 0.3 is 0 Å². The predicted octanol–water partition coefficient (Wildman–Crippen LogP) is 2.04. The molecule has 2 N–H and O–H groups in total. The molecule has 0 spiro atoms. The summed E-state index contributed by atoms with van der Waals surface area (Å²) in [4.78, 5) is 23.1. The van der Waals surface area contributed by atoms with Crippen LogP contribution in [0.4, 0.5) is 4.39 Å². The lowest BCUT2D eigenvalue weighted by molar-refractivity contribution is -0.129. The largest absolute Gasteiger partial charge is 0.356 e. The van der Waals surface area contributed by atoms with Crippen molar-refractivity contribution in [2.75, 3.05) is 13.1 Å². The van der Waals surface area contributed by atoms with E-state index in [1.807, 2.05) is 0 Å². The van der Waals surface area contributed by atoms with Crippen molar-refractivity contribution in [1.82, 2.24) is 10.6 Å². The summed E-state index contributed by atoms with van der Waals surface area (Å²) in [6.45, 7) is 5.04. The van der Waals surface area contributed by atoms with Crippen LogP contribution in [0, 0.1) is 11.7 Å². The molecule has 0 atom stereocenters. The number of halogens is 1. The van der Waals surface area contributed by atoms with E-state index in [0.717, 1.165) is 6.42 Å². The molecule has 116 valence electrons. The van der Waals surface area contributed by atoms with Gasteiger partial charge in [-0.1, -0.05) is 32.0 Å². The third kappa shape index (κ3) is 7.44. The van der Waals surface area contributed by atoms with Gasteiger partial charge in [-0.3, -0.25) is 9.59 Å². The van der Waals surface area contributed by atoms with Crippen molar-refractivity contribution < 1.29 is 14.0 Å². The number of nitrogens with one attached hydrogen (secondary N) is 2. The van der Waals surface area contributed by atoms with Gasteiger partial charge in [-0.15, -0.1) is 0 Å². The minimum Gasteiger partial charge on any atom is -0.356 e. The number of rotatable bonds is 8. The van der Waals surface area contributed by atoms with Gasteiger partial charge in [0.25, 0.3) is 0 Å². The molecule has 0 aliphatic carbocycles. The van der Waals surface area contributed by atoms with Crippen molar-refractivity contribution in [1.29, 1.82) is 0 Å². The first-order valence-corrected chi connectivity index (χ1v) is 7.26. The quantitative estimate of drug-likeness (QED) is 0.721. The molecule has 1 aromatic carbocycles. The SMILES string of the molecule is CC(C)CCNC(=O)CC(=O)NCCc1ccccc1F. The number of hydrogen-bond donors (Lipinski definition) is 2. The van der Waals surface area contributed by atoms with E-state index < -0.39 is 0 Å². The molecule has 2 amide bonds. The number of carbonyl (C=O) groups is 2. The second kappa shape index (κ2) is 9.10. The highest BCUT2D eigenvalue weighted by atomic mass is 19.1. The molecule has 0 saturated carbocycles. The Balaban J connectivity index is 2.19. The van der Waals surface area contributed by atoms with Gasteiger partial charge in [0.05, 0.1) is 0 Å². The Morgan fingerprint density at radius 3 is 2.33 bits per heavy atom. The number of hydrogen-bond acceptors (Lipinski definition) is 2. The summed E-state index contributed by atoms with van der Waals surface area (Å²) in [6, 6.07) is 6.45. The zero-order valence-electron chi connectivity index (χ0n) is 12.6. The molecule has 5 heteroatoms. The highest BCUT2D eigenvalue weighted by Gasteiger charge is 2.09. The van der Waals surface area contributed by atoms with Crippen LogP contribution in [0.5, 0.6) is 0 Å². The molecule has 1 rings (SSSR count). The Morgan fingerprint density at radius 2 is 1.71 bits per heavy atom. The van der Waals surface area contributed by atoms with Gasteiger partial charge in [-0.25, -0.2) is 4.39 Å². The van der Waals surface area contributed by atoms with Crippen LogP contribution < -0.4 is 10.6 Å². The Morgan fingerprint density at radius 1 is 1.10 bits per heavy atom. The van der Waals surface area contributed by atoms with Gasteiger partial charge in [-0.2, -0.15) is 0 Å². The molecule has 0 aliphatic rings. The Kier molecular flexibility index (Phi) is 7.43. The van der Waals surface area contributed by atoms with E-state index in [4.69, 9.17) is 0 Å². The summed E-state index contributed by atoms with van der Waals surface area (Å²) in [5.74, 6) is -0.384. The lowest BCUT2D eigenvalue weighted by Gasteiger charge is -2.08. The lowest BCUT2D eigenvalue weighted by Crippen LogP contribution is -2.33. The molecule has 0 unspecified atom stereocenters. The molecule has 0 radical (unpaired) electrons. The molecule has 0 heterocycles. The second-order valence-corrected chi connectivity index (χ2v) is 5.40. The topological polar surface area (TPSA) is 58.2 Å². The fraction of sp³-hybridized carbons (Fsp3) is 0.500. The summed E-state index contributed by atoms with van der Waals surface area (Å²) in [7, 11) is 0. The molecule has 0 saturated heterocycles. The zero-order valence-corrected chi connectivity index (χ0v) is 12.6. The third-order valence-corrected chi connectivity index (χ3v) is 3.04. The first-order valence-electron chi connectivity index (χ1n) is 7.26. The van der Waals surface area contributed by atoms with E-state index in [2.05, 4.69) is 24.5 Å². The molecule has 4 nitrogen and oxygen atoms in total.